The molecule has 0 radical (unpaired) electrons. The lowest BCUT2D eigenvalue weighted by Crippen LogP contribution is -2.34. The Bertz CT molecular complexity index is 912. The molecule has 0 atom stereocenters. The van der Waals surface area contributed by atoms with Crippen molar-refractivity contribution in [1.29, 1.82) is 0 Å². The topological polar surface area (TPSA) is 81.1 Å². The zero-order valence-corrected chi connectivity index (χ0v) is 13.7. The molecule has 1 aromatic carbocycles. The van der Waals surface area contributed by atoms with Gasteiger partial charge in [0.15, 0.2) is 0 Å². The molecule has 3 rings (SSSR count). The second-order valence-electron chi connectivity index (χ2n) is 6.09. The van der Waals surface area contributed by atoms with E-state index in [0.29, 0.717) is 23.1 Å². The zero-order chi connectivity index (χ0) is 16.1. The van der Waals surface area contributed by atoms with Gasteiger partial charge in [-0.05, 0) is 44.4 Å². The van der Waals surface area contributed by atoms with Gasteiger partial charge in [0.25, 0.3) is 5.56 Å². The van der Waals surface area contributed by atoms with E-state index in [1.807, 2.05) is 13.8 Å². The van der Waals surface area contributed by atoms with E-state index < -0.39 is 10.0 Å². The van der Waals surface area contributed by atoms with Crippen molar-refractivity contribution in [3.63, 3.8) is 0 Å². The highest BCUT2D eigenvalue weighted by atomic mass is 32.2. The van der Waals surface area contributed by atoms with Gasteiger partial charge in [-0.2, -0.15) is 0 Å². The monoisotopic (exact) mass is 321 g/mol. The van der Waals surface area contributed by atoms with Gasteiger partial charge in [-0.1, -0.05) is 6.92 Å². The first-order chi connectivity index (χ1) is 10.3. The van der Waals surface area contributed by atoms with Crippen molar-refractivity contribution in [1.82, 2.24) is 14.3 Å². The molecule has 1 aliphatic rings. The number of fused-ring (bicyclic) bond motifs is 1. The first kappa shape index (κ1) is 15.2. The van der Waals surface area contributed by atoms with Gasteiger partial charge < -0.3 is 4.57 Å². The molecule has 0 aliphatic heterocycles. The Morgan fingerprint density at radius 1 is 1.36 bits per heavy atom. The first-order valence-electron chi connectivity index (χ1n) is 7.29. The zero-order valence-electron chi connectivity index (χ0n) is 12.9. The van der Waals surface area contributed by atoms with E-state index in [9.17, 15) is 13.2 Å². The van der Waals surface area contributed by atoms with Crippen LogP contribution in [-0.2, 0) is 23.5 Å². The summed E-state index contributed by atoms with van der Waals surface area (Å²) in [6, 6.07) is 4.70. The molecule has 1 saturated carbocycles. The Hall–Kier alpha value is -1.73. The second-order valence-corrected chi connectivity index (χ2v) is 7.78. The van der Waals surface area contributed by atoms with Gasteiger partial charge in [0.2, 0.25) is 10.0 Å². The number of nitrogens with zero attached hydrogens (tertiary/aromatic N) is 2. The minimum Gasteiger partial charge on any atom is -0.308 e. The van der Waals surface area contributed by atoms with Gasteiger partial charge in [0.1, 0.15) is 5.69 Å². The van der Waals surface area contributed by atoms with Crippen molar-refractivity contribution in [3.8, 4) is 0 Å². The molecule has 7 heteroatoms. The fourth-order valence-corrected chi connectivity index (χ4v) is 3.92. The number of aryl methyl sites for hydroxylation is 2. The molecule has 0 unspecified atom stereocenters. The number of hydrogen-bond acceptors (Lipinski definition) is 4. The van der Waals surface area contributed by atoms with E-state index in [1.54, 1.807) is 13.1 Å². The molecule has 0 bridgehead atoms. The summed E-state index contributed by atoms with van der Waals surface area (Å²) in [5, 5.41) is 0. The Balaban J connectivity index is 2.14. The molecule has 1 fully saturated rings. The number of rotatable bonds is 4. The molecule has 0 saturated heterocycles. The van der Waals surface area contributed by atoms with E-state index >= 15 is 0 Å². The van der Waals surface area contributed by atoms with Gasteiger partial charge in [-0.25, -0.2) is 18.1 Å². The van der Waals surface area contributed by atoms with Crippen LogP contribution in [0.4, 0.5) is 0 Å². The number of benzene rings is 1. The third-order valence-electron chi connectivity index (χ3n) is 4.14. The minimum atomic E-state index is -3.59. The van der Waals surface area contributed by atoms with Gasteiger partial charge in [-0.15, -0.1) is 0 Å². The summed E-state index contributed by atoms with van der Waals surface area (Å²) in [7, 11) is -1.95. The quantitative estimate of drug-likeness (QED) is 0.921. The summed E-state index contributed by atoms with van der Waals surface area (Å²) >= 11 is 0. The van der Waals surface area contributed by atoms with E-state index in [0.717, 1.165) is 12.8 Å². The molecule has 22 heavy (non-hydrogen) atoms. The average Bonchev–Trinajstić information content (AvgIpc) is 3.18. The number of nitrogens with one attached hydrogen (secondary N) is 1. The van der Waals surface area contributed by atoms with Crippen LogP contribution in [0.15, 0.2) is 27.9 Å². The van der Waals surface area contributed by atoms with Crippen molar-refractivity contribution in [3.05, 3.63) is 34.2 Å². The average molecular weight is 321 g/mol. The highest BCUT2D eigenvalue weighted by Gasteiger charge is 2.41. The summed E-state index contributed by atoms with van der Waals surface area (Å²) in [4.78, 5) is 16.6. The van der Waals surface area contributed by atoms with Gasteiger partial charge >= 0.3 is 0 Å². The fourth-order valence-electron chi connectivity index (χ4n) is 2.43. The highest BCUT2D eigenvalue weighted by molar-refractivity contribution is 7.89. The molecule has 1 heterocycles. The Morgan fingerprint density at radius 2 is 2.05 bits per heavy atom. The molecular formula is C15H19N3O3S. The molecule has 1 aliphatic carbocycles. The van der Waals surface area contributed by atoms with E-state index in [1.165, 1.54) is 16.7 Å². The van der Waals surface area contributed by atoms with Crippen LogP contribution in [0.5, 0.6) is 0 Å². The summed E-state index contributed by atoms with van der Waals surface area (Å²) < 4.78 is 29.0. The van der Waals surface area contributed by atoms with E-state index in [4.69, 9.17) is 0 Å². The van der Waals surface area contributed by atoms with Crippen LogP contribution in [0.3, 0.4) is 0 Å². The van der Waals surface area contributed by atoms with Gasteiger partial charge in [0, 0.05) is 12.6 Å². The summed E-state index contributed by atoms with van der Waals surface area (Å²) in [6.07, 6.45) is 2.24. The Kier molecular flexibility index (Phi) is 3.37. The molecule has 6 nitrogen and oxygen atoms in total. The number of aromatic nitrogens is 2. The molecule has 118 valence electrons. The summed E-state index contributed by atoms with van der Waals surface area (Å²) in [6.45, 7) is 3.76. The van der Waals surface area contributed by atoms with Crippen LogP contribution in [0.1, 0.15) is 32.4 Å². The maximum atomic E-state index is 12.4. The molecular weight excluding hydrogens is 302 g/mol. The normalized spacial score (nSPS) is 16.9. The van der Waals surface area contributed by atoms with E-state index in [2.05, 4.69) is 9.71 Å². The Labute approximate surface area is 129 Å². The maximum Gasteiger partial charge on any atom is 0.272 e. The van der Waals surface area contributed by atoms with Crippen LogP contribution in [-0.4, -0.2) is 23.5 Å². The summed E-state index contributed by atoms with van der Waals surface area (Å²) in [5.41, 5.74) is 1.10. The van der Waals surface area contributed by atoms with Crippen molar-refractivity contribution in [2.24, 2.45) is 7.05 Å². The van der Waals surface area contributed by atoms with Crippen molar-refractivity contribution >= 4 is 21.1 Å². The molecule has 2 aromatic rings. The highest BCUT2D eigenvalue weighted by Crippen LogP contribution is 2.36. The predicted octanol–water partition coefficient (Wildman–Crippen LogP) is 1.33. The molecule has 0 amide bonds. The molecule has 0 spiro atoms. The van der Waals surface area contributed by atoms with Crippen molar-refractivity contribution in [2.45, 2.75) is 43.5 Å². The lowest BCUT2D eigenvalue weighted by Gasteiger charge is -2.13. The molecule has 1 N–H and O–H groups in total. The SMILES string of the molecule is CCc1nc2ccc(S(=O)(=O)NC3(C)CC3)cc2n(C)c1=O. The van der Waals surface area contributed by atoms with Gasteiger partial charge in [-0.3, -0.25) is 4.79 Å². The lowest BCUT2D eigenvalue weighted by atomic mass is 10.2. The van der Waals surface area contributed by atoms with Crippen LogP contribution >= 0.6 is 0 Å². The van der Waals surface area contributed by atoms with Crippen LogP contribution in [0.2, 0.25) is 0 Å². The largest absolute Gasteiger partial charge is 0.308 e. The maximum absolute atomic E-state index is 12.4. The molecule has 1 aromatic heterocycles. The fraction of sp³-hybridized carbons (Fsp3) is 0.467. The number of sulfonamides is 1. The third kappa shape index (κ3) is 2.55. The second kappa shape index (κ2) is 4.89. The number of hydrogen-bond donors (Lipinski definition) is 1. The van der Waals surface area contributed by atoms with Crippen molar-refractivity contribution in [2.75, 3.05) is 0 Å². The van der Waals surface area contributed by atoms with Crippen LogP contribution in [0, 0.1) is 0 Å². The van der Waals surface area contributed by atoms with Crippen LogP contribution in [0.25, 0.3) is 11.0 Å². The third-order valence-corrected chi connectivity index (χ3v) is 5.78. The summed E-state index contributed by atoms with van der Waals surface area (Å²) in [5.74, 6) is 0. The van der Waals surface area contributed by atoms with Gasteiger partial charge in [0.05, 0.1) is 15.9 Å². The van der Waals surface area contributed by atoms with Crippen LogP contribution < -0.4 is 10.3 Å². The smallest absolute Gasteiger partial charge is 0.272 e. The first-order valence-corrected chi connectivity index (χ1v) is 8.78. The van der Waals surface area contributed by atoms with Crippen molar-refractivity contribution < 1.29 is 8.42 Å². The minimum absolute atomic E-state index is 0.161. The Morgan fingerprint density at radius 3 is 2.64 bits per heavy atom. The lowest BCUT2D eigenvalue weighted by molar-refractivity contribution is 0.558. The predicted molar refractivity (Wildman–Crippen MR) is 84.3 cm³/mol. The standard InChI is InChI=1S/C15H19N3O3S/c1-4-11-14(19)18(3)13-9-10(5-6-12(13)16-11)22(20,21)17-15(2)7-8-15/h5-6,9,17H,4,7-8H2,1-3H3. The van der Waals surface area contributed by atoms with E-state index in [-0.39, 0.29) is 16.0 Å².